The second-order valence-corrected chi connectivity index (χ2v) is 1.61. The summed E-state index contributed by atoms with van der Waals surface area (Å²) in [6.45, 7) is 12.4. The molecular weight excluding hydrogens is 152 g/mol. The second kappa shape index (κ2) is 30.7. The van der Waals surface area contributed by atoms with Gasteiger partial charge >= 0.3 is 0 Å². The fraction of sp³-hybridized carbons (Fsp3) is 1.00. The lowest BCUT2D eigenvalue weighted by molar-refractivity contribution is 0.0710. The molecule has 0 aromatic carbocycles. The maximum Gasteiger partial charge on any atom is 0.0700 e. The monoisotopic (exact) mass is 178 g/mol. The highest BCUT2D eigenvalue weighted by Crippen LogP contribution is 1.78. The Kier molecular flexibility index (Phi) is 45.6. The summed E-state index contributed by atoms with van der Waals surface area (Å²) in [6, 6.07) is 0. The Bertz CT molecular complexity index is 32.8. The van der Waals surface area contributed by atoms with Gasteiger partial charge in [0, 0.05) is 13.7 Å². The molecule has 0 radical (unpaired) electrons. The van der Waals surface area contributed by atoms with Crippen molar-refractivity contribution in [3.63, 3.8) is 0 Å². The number of rotatable bonds is 5. The van der Waals surface area contributed by atoms with Crippen molar-refractivity contribution in [2.45, 2.75) is 41.0 Å². The lowest BCUT2D eigenvalue weighted by Crippen LogP contribution is -2.01. The first-order valence-electron chi connectivity index (χ1n) is 4.98. The molecule has 2 heteroatoms. The van der Waals surface area contributed by atoms with E-state index < -0.39 is 0 Å². The molecule has 0 saturated carbocycles. The molecule has 0 aromatic heterocycles. The van der Waals surface area contributed by atoms with Crippen molar-refractivity contribution in [3.8, 4) is 0 Å². The standard InChI is InChI=1S/C6H14O2.2C2H6/c1-3-4-8-6-5-7-2;2*1-2/h3-6H2,1-2H3;2*1-2H3. The molecule has 0 amide bonds. The molecule has 0 rings (SSSR count). The Labute approximate surface area is 78.3 Å². The largest absolute Gasteiger partial charge is 0.382 e. The molecule has 0 aliphatic heterocycles. The Morgan fingerprint density at radius 3 is 1.67 bits per heavy atom. The number of ether oxygens (including phenoxy) is 2. The zero-order valence-electron chi connectivity index (χ0n) is 9.64. The van der Waals surface area contributed by atoms with Crippen LogP contribution >= 0.6 is 0 Å². The van der Waals surface area contributed by atoms with Crippen LogP contribution in [0.3, 0.4) is 0 Å². The van der Waals surface area contributed by atoms with Crippen molar-refractivity contribution in [1.29, 1.82) is 0 Å². The molecule has 0 spiro atoms. The lowest BCUT2D eigenvalue weighted by atomic mass is 10.5. The van der Waals surface area contributed by atoms with Gasteiger partial charge in [-0.25, -0.2) is 0 Å². The molecule has 0 heterocycles. The van der Waals surface area contributed by atoms with Gasteiger partial charge in [-0.15, -0.1) is 0 Å². The van der Waals surface area contributed by atoms with Crippen LogP contribution in [0.4, 0.5) is 0 Å². The van der Waals surface area contributed by atoms with E-state index in [-0.39, 0.29) is 0 Å². The maximum absolute atomic E-state index is 5.10. The average Bonchev–Trinajstić information content (AvgIpc) is 2.19. The number of methoxy groups -OCH3 is 1. The third-order valence-electron chi connectivity index (χ3n) is 0.780. The van der Waals surface area contributed by atoms with Crippen LogP contribution in [0, 0.1) is 0 Å². The van der Waals surface area contributed by atoms with Crippen LogP contribution < -0.4 is 0 Å². The summed E-state index contributed by atoms with van der Waals surface area (Å²) < 4.78 is 9.86. The van der Waals surface area contributed by atoms with E-state index in [2.05, 4.69) is 6.92 Å². The summed E-state index contributed by atoms with van der Waals surface area (Å²) in [6.07, 6.45) is 1.09. The Morgan fingerprint density at radius 2 is 1.33 bits per heavy atom. The number of hydrogen-bond donors (Lipinski definition) is 0. The quantitative estimate of drug-likeness (QED) is 0.602. The molecule has 0 aromatic rings. The van der Waals surface area contributed by atoms with Crippen LogP contribution in [0.25, 0.3) is 0 Å². The molecule has 0 saturated heterocycles. The van der Waals surface area contributed by atoms with E-state index in [0.717, 1.165) is 19.6 Å². The highest BCUT2D eigenvalue weighted by atomic mass is 16.5. The van der Waals surface area contributed by atoms with Crippen LogP contribution in [0.1, 0.15) is 41.0 Å². The van der Waals surface area contributed by atoms with Gasteiger partial charge in [0.2, 0.25) is 0 Å². The van der Waals surface area contributed by atoms with Gasteiger partial charge in [-0.2, -0.15) is 0 Å². The Morgan fingerprint density at radius 1 is 0.833 bits per heavy atom. The zero-order chi connectivity index (χ0) is 10.2. The normalized spacial score (nSPS) is 7.50. The van der Waals surface area contributed by atoms with Gasteiger partial charge in [-0.05, 0) is 6.42 Å². The van der Waals surface area contributed by atoms with E-state index in [1.807, 2.05) is 27.7 Å². The van der Waals surface area contributed by atoms with E-state index in [4.69, 9.17) is 9.47 Å². The average molecular weight is 178 g/mol. The summed E-state index contributed by atoms with van der Waals surface area (Å²) >= 11 is 0. The summed E-state index contributed by atoms with van der Waals surface area (Å²) in [5, 5.41) is 0. The van der Waals surface area contributed by atoms with Gasteiger partial charge < -0.3 is 9.47 Å². The molecule has 0 N–H and O–H groups in total. The first kappa shape index (κ1) is 17.9. The summed E-state index contributed by atoms with van der Waals surface area (Å²) in [5.41, 5.74) is 0. The van der Waals surface area contributed by atoms with E-state index in [1.54, 1.807) is 7.11 Å². The molecule has 0 fully saturated rings. The Balaban J connectivity index is -0.000000175. The van der Waals surface area contributed by atoms with E-state index in [0.29, 0.717) is 6.61 Å². The molecular formula is C10H26O2. The minimum Gasteiger partial charge on any atom is -0.382 e. The van der Waals surface area contributed by atoms with E-state index in [1.165, 1.54) is 0 Å². The molecule has 0 unspecified atom stereocenters. The highest BCUT2D eigenvalue weighted by molar-refractivity contribution is 4.26. The summed E-state index contributed by atoms with van der Waals surface area (Å²) in [5.74, 6) is 0. The smallest absolute Gasteiger partial charge is 0.0700 e. The van der Waals surface area contributed by atoms with Gasteiger partial charge in [0.1, 0.15) is 0 Å². The molecule has 0 atom stereocenters. The van der Waals surface area contributed by atoms with Crippen molar-refractivity contribution < 1.29 is 9.47 Å². The minimum atomic E-state index is 0.708. The summed E-state index contributed by atoms with van der Waals surface area (Å²) in [7, 11) is 1.68. The SMILES string of the molecule is CC.CC.CCCOCCOC. The summed E-state index contributed by atoms with van der Waals surface area (Å²) in [4.78, 5) is 0. The predicted molar refractivity (Wildman–Crippen MR) is 55.7 cm³/mol. The molecule has 0 aliphatic carbocycles. The van der Waals surface area contributed by atoms with Crippen LogP contribution in [-0.4, -0.2) is 26.9 Å². The molecule has 0 aliphatic rings. The molecule has 2 nitrogen and oxygen atoms in total. The topological polar surface area (TPSA) is 18.5 Å². The third-order valence-corrected chi connectivity index (χ3v) is 0.780. The van der Waals surface area contributed by atoms with Gasteiger partial charge in [0.25, 0.3) is 0 Å². The fourth-order valence-corrected chi connectivity index (χ4v) is 0.389. The van der Waals surface area contributed by atoms with Crippen LogP contribution in [-0.2, 0) is 9.47 Å². The van der Waals surface area contributed by atoms with Crippen molar-refractivity contribution in [2.75, 3.05) is 26.9 Å². The minimum absolute atomic E-state index is 0.708. The van der Waals surface area contributed by atoms with Crippen molar-refractivity contribution in [1.82, 2.24) is 0 Å². The first-order valence-corrected chi connectivity index (χ1v) is 4.98. The predicted octanol–water partition coefficient (Wildman–Crippen LogP) is 3.11. The van der Waals surface area contributed by atoms with Crippen molar-refractivity contribution in [2.24, 2.45) is 0 Å². The van der Waals surface area contributed by atoms with Crippen molar-refractivity contribution >= 4 is 0 Å². The highest BCUT2D eigenvalue weighted by Gasteiger charge is 1.81. The van der Waals surface area contributed by atoms with Gasteiger partial charge in [0.05, 0.1) is 13.2 Å². The fourth-order valence-electron chi connectivity index (χ4n) is 0.389. The van der Waals surface area contributed by atoms with Crippen molar-refractivity contribution in [3.05, 3.63) is 0 Å². The van der Waals surface area contributed by atoms with Gasteiger partial charge in [-0.1, -0.05) is 34.6 Å². The Hall–Kier alpha value is -0.0800. The lowest BCUT2D eigenvalue weighted by Gasteiger charge is -1.98. The number of hydrogen-bond acceptors (Lipinski definition) is 2. The molecule has 78 valence electrons. The molecule has 0 bridgehead atoms. The first-order chi connectivity index (χ1) is 5.91. The van der Waals surface area contributed by atoms with Crippen LogP contribution in [0.5, 0.6) is 0 Å². The second-order valence-electron chi connectivity index (χ2n) is 1.61. The maximum atomic E-state index is 5.10. The van der Waals surface area contributed by atoms with Crippen LogP contribution in [0.2, 0.25) is 0 Å². The van der Waals surface area contributed by atoms with E-state index in [9.17, 15) is 0 Å². The zero-order valence-corrected chi connectivity index (χ0v) is 9.64. The third kappa shape index (κ3) is 32.6. The van der Waals surface area contributed by atoms with E-state index >= 15 is 0 Å². The van der Waals surface area contributed by atoms with Crippen LogP contribution in [0.15, 0.2) is 0 Å². The molecule has 12 heavy (non-hydrogen) atoms. The van der Waals surface area contributed by atoms with Gasteiger partial charge in [-0.3, -0.25) is 0 Å². The van der Waals surface area contributed by atoms with Gasteiger partial charge in [0.15, 0.2) is 0 Å².